The van der Waals surface area contributed by atoms with Crippen molar-refractivity contribution in [3.05, 3.63) is 11.5 Å². The SMILES string of the molecule is CCc1nc(N)oc1C(=O)O. The van der Waals surface area contributed by atoms with E-state index in [2.05, 4.69) is 9.40 Å². The van der Waals surface area contributed by atoms with E-state index < -0.39 is 5.97 Å². The van der Waals surface area contributed by atoms with Gasteiger partial charge in [0.1, 0.15) is 0 Å². The predicted octanol–water partition coefficient (Wildman–Crippen LogP) is 0.517. The molecule has 0 atom stereocenters. The number of aromatic nitrogens is 1. The van der Waals surface area contributed by atoms with Crippen LogP contribution in [0.1, 0.15) is 23.2 Å². The number of hydrogen-bond donors (Lipinski definition) is 2. The van der Waals surface area contributed by atoms with Crippen LogP contribution in [0, 0.1) is 0 Å². The molecule has 0 unspecified atom stereocenters. The van der Waals surface area contributed by atoms with Crippen molar-refractivity contribution in [1.29, 1.82) is 0 Å². The van der Waals surface area contributed by atoms with Crippen molar-refractivity contribution < 1.29 is 14.3 Å². The summed E-state index contributed by atoms with van der Waals surface area (Å²) in [5.74, 6) is -1.30. The standard InChI is InChI=1S/C6H8N2O3/c1-2-3-4(5(9)10)11-6(7)8-3/h2H2,1H3,(H2,7,8)(H,9,10). The minimum atomic E-state index is -1.13. The van der Waals surface area contributed by atoms with Crippen LogP contribution in [-0.2, 0) is 6.42 Å². The Morgan fingerprint density at radius 1 is 1.82 bits per heavy atom. The van der Waals surface area contributed by atoms with Gasteiger partial charge in [-0.2, -0.15) is 4.98 Å². The van der Waals surface area contributed by atoms with E-state index >= 15 is 0 Å². The minimum absolute atomic E-state index is 0.0979. The molecule has 0 radical (unpaired) electrons. The van der Waals surface area contributed by atoms with E-state index in [9.17, 15) is 4.79 Å². The number of carbonyl (C=O) groups is 1. The molecule has 3 N–H and O–H groups in total. The largest absolute Gasteiger partial charge is 0.475 e. The summed E-state index contributed by atoms with van der Waals surface area (Å²) in [7, 11) is 0. The molecule has 1 heterocycles. The zero-order valence-electron chi connectivity index (χ0n) is 6.00. The Morgan fingerprint density at radius 2 is 2.45 bits per heavy atom. The molecule has 5 heteroatoms. The first kappa shape index (κ1) is 7.59. The van der Waals surface area contributed by atoms with Crippen LogP contribution < -0.4 is 5.73 Å². The number of nitrogens with zero attached hydrogens (tertiary/aromatic N) is 1. The summed E-state index contributed by atoms with van der Waals surface area (Å²) in [5.41, 5.74) is 5.54. The first-order valence-electron chi connectivity index (χ1n) is 3.13. The molecule has 0 saturated carbocycles. The summed E-state index contributed by atoms with van der Waals surface area (Å²) < 4.78 is 4.63. The third-order valence-corrected chi connectivity index (χ3v) is 1.24. The molecular weight excluding hydrogens is 148 g/mol. The van der Waals surface area contributed by atoms with Gasteiger partial charge in [-0.05, 0) is 6.42 Å². The number of nitrogen functional groups attached to an aromatic ring is 1. The lowest BCUT2D eigenvalue weighted by Crippen LogP contribution is -1.98. The van der Waals surface area contributed by atoms with Gasteiger partial charge in [-0.3, -0.25) is 0 Å². The molecule has 60 valence electrons. The number of hydrogen-bond acceptors (Lipinski definition) is 4. The summed E-state index contributed by atoms with van der Waals surface area (Å²) in [4.78, 5) is 14.1. The van der Waals surface area contributed by atoms with Crippen LogP contribution in [0.15, 0.2) is 4.42 Å². The molecule has 0 saturated heterocycles. The molecular formula is C6H8N2O3. The van der Waals surface area contributed by atoms with Gasteiger partial charge in [0.05, 0.1) is 5.69 Å². The number of carboxylic acid groups (broad SMARTS) is 1. The molecule has 0 aliphatic rings. The normalized spacial score (nSPS) is 9.91. The van der Waals surface area contributed by atoms with Crippen LogP contribution in [0.2, 0.25) is 0 Å². The van der Waals surface area contributed by atoms with E-state index in [1.54, 1.807) is 6.92 Å². The number of nitrogens with two attached hydrogens (primary N) is 1. The van der Waals surface area contributed by atoms with Crippen molar-refractivity contribution in [1.82, 2.24) is 4.98 Å². The van der Waals surface area contributed by atoms with Gasteiger partial charge in [-0.25, -0.2) is 4.79 Å². The zero-order chi connectivity index (χ0) is 8.43. The van der Waals surface area contributed by atoms with E-state index in [0.717, 1.165) is 0 Å². The molecule has 0 aromatic carbocycles. The highest BCUT2D eigenvalue weighted by Crippen LogP contribution is 2.12. The molecule has 0 aliphatic heterocycles. The van der Waals surface area contributed by atoms with Gasteiger partial charge in [-0.1, -0.05) is 6.92 Å². The quantitative estimate of drug-likeness (QED) is 0.651. The molecule has 0 bridgehead atoms. The van der Waals surface area contributed by atoms with Crippen molar-refractivity contribution in [3.8, 4) is 0 Å². The fraction of sp³-hybridized carbons (Fsp3) is 0.333. The predicted molar refractivity (Wildman–Crippen MR) is 37.3 cm³/mol. The monoisotopic (exact) mass is 156 g/mol. The Balaban J connectivity index is 3.12. The van der Waals surface area contributed by atoms with Gasteiger partial charge < -0.3 is 15.3 Å². The molecule has 11 heavy (non-hydrogen) atoms. The fourth-order valence-corrected chi connectivity index (χ4v) is 0.777. The van der Waals surface area contributed by atoms with Crippen molar-refractivity contribution in [2.24, 2.45) is 0 Å². The Bertz CT molecular complexity index is 279. The smallest absolute Gasteiger partial charge is 0.373 e. The minimum Gasteiger partial charge on any atom is -0.475 e. The fourth-order valence-electron chi connectivity index (χ4n) is 0.777. The van der Waals surface area contributed by atoms with E-state index in [1.165, 1.54) is 0 Å². The van der Waals surface area contributed by atoms with Crippen molar-refractivity contribution >= 4 is 12.0 Å². The lowest BCUT2D eigenvalue weighted by molar-refractivity contribution is 0.0662. The van der Waals surface area contributed by atoms with Gasteiger partial charge in [-0.15, -0.1) is 0 Å². The first-order valence-corrected chi connectivity index (χ1v) is 3.13. The van der Waals surface area contributed by atoms with E-state index in [0.29, 0.717) is 12.1 Å². The van der Waals surface area contributed by atoms with Crippen LogP contribution in [0.25, 0.3) is 0 Å². The highest BCUT2D eigenvalue weighted by Gasteiger charge is 2.15. The number of oxazole rings is 1. The molecule has 0 amide bonds. The molecule has 0 spiro atoms. The number of aromatic carboxylic acids is 1. The van der Waals surface area contributed by atoms with Gasteiger partial charge in [0.15, 0.2) is 0 Å². The Morgan fingerprint density at radius 3 is 2.82 bits per heavy atom. The summed E-state index contributed by atoms with van der Waals surface area (Å²) in [6.45, 7) is 1.78. The van der Waals surface area contributed by atoms with Crippen LogP contribution in [0.5, 0.6) is 0 Å². The Kier molecular flexibility index (Phi) is 1.80. The third-order valence-electron chi connectivity index (χ3n) is 1.24. The second-order valence-corrected chi connectivity index (χ2v) is 1.99. The molecule has 1 aromatic rings. The Labute approximate surface area is 62.8 Å². The lowest BCUT2D eigenvalue weighted by Gasteiger charge is -1.87. The molecule has 0 fully saturated rings. The van der Waals surface area contributed by atoms with Crippen LogP contribution in [0.3, 0.4) is 0 Å². The molecule has 5 nitrogen and oxygen atoms in total. The summed E-state index contributed by atoms with van der Waals surface area (Å²) in [6.07, 6.45) is 0.502. The van der Waals surface area contributed by atoms with Crippen molar-refractivity contribution in [2.45, 2.75) is 13.3 Å². The van der Waals surface area contributed by atoms with Crippen LogP contribution in [-0.4, -0.2) is 16.1 Å². The van der Waals surface area contributed by atoms with E-state index in [-0.39, 0.29) is 11.8 Å². The second-order valence-electron chi connectivity index (χ2n) is 1.99. The van der Waals surface area contributed by atoms with Crippen molar-refractivity contribution in [3.63, 3.8) is 0 Å². The van der Waals surface area contributed by atoms with E-state index in [4.69, 9.17) is 10.8 Å². The third kappa shape index (κ3) is 1.31. The maximum Gasteiger partial charge on any atom is 0.373 e. The zero-order valence-corrected chi connectivity index (χ0v) is 6.00. The lowest BCUT2D eigenvalue weighted by atomic mass is 10.3. The Hall–Kier alpha value is -1.52. The van der Waals surface area contributed by atoms with E-state index in [1.807, 2.05) is 0 Å². The number of carboxylic acids is 1. The van der Waals surface area contributed by atoms with Crippen molar-refractivity contribution in [2.75, 3.05) is 5.73 Å². The van der Waals surface area contributed by atoms with Gasteiger partial charge >= 0.3 is 5.97 Å². The summed E-state index contributed by atoms with van der Waals surface area (Å²) >= 11 is 0. The number of rotatable bonds is 2. The maximum atomic E-state index is 10.4. The second kappa shape index (κ2) is 2.61. The molecule has 0 aliphatic carbocycles. The molecule has 1 rings (SSSR count). The average Bonchev–Trinajstić information content (AvgIpc) is 2.30. The highest BCUT2D eigenvalue weighted by atomic mass is 16.4. The highest BCUT2D eigenvalue weighted by molar-refractivity contribution is 5.85. The van der Waals surface area contributed by atoms with Gasteiger partial charge in [0.25, 0.3) is 6.01 Å². The number of anilines is 1. The first-order chi connectivity index (χ1) is 5.15. The number of aryl methyl sites for hydroxylation is 1. The molecule has 1 aromatic heterocycles. The maximum absolute atomic E-state index is 10.4. The average molecular weight is 156 g/mol. The summed E-state index contributed by atoms with van der Waals surface area (Å²) in [6, 6.07) is -0.0979. The topological polar surface area (TPSA) is 89.4 Å². The van der Waals surface area contributed by atoms with Gasteiger partial charge in [0, 0.05) is 0 Å². The van der Waals surface area contributed by atoms with Gasteiger partial charge in [0.2, 0.25) is 5.76 Å². The summed E-state index contributed by atoms with van der Waals surface area (Å²) in [5, 5.41) is 8.52. The van der Waals surface area contributed by atoms with Crippen LogP contribution in [0.4, 0.5) is 6.01 Å². The van der Waals surface area contributed by atoms with Crippen LogP contribution >= 0.6 is 0 Å².